The molecule has 0 saturated carbocycles. The number of rotatable bonds is 5. The van der Waals surface area contributed by atoms with E-state index in [4.69, 9.17) is 5.11 Å². The summed E-state index contributed by atoms with van der Waals surface area (Å²) in [5.41, 5.74) is 1.82. The third-order valence-corrected chi connectivity index (χ3v) is 6.42. The van der Waals surface area contributed by atoms with E-state index in [1.807, 2.05) is 16.7 Å². The van der Waals surface area contributed by atoms with Crippen LogP contribution in [0, 0.1) is 5.21 Å². The van der Waals surface area contributed by atoms with Crippen molar-refractivity contribution in [2.45, 2.75) is 25.4 Å². The monoisotopic (exact) mass is 419 g/mol. The molecule has 29 heavy (non-hydrogen) atoms. The molecule has 0 radical (unpaired) electrons. The molecule has 3 heterocycles. The van der Waals surface area contributed by atoms with Crippen molar-refractivity contribution in [1.82, 2.24) is 19.2 Å². The second kappa shape index (κ2) is 7.16. The zero-order chi connectivity index (χ0) is 20.8. The lowest BCUT2D eigenvalue weighted by Crippen LogP contribution is -2.41. The summed E-state index contributed by atoms with van der Waals surface area (Å²) in [6, 6.07) is 7.00. The van der Waals surface area contributed by atoms with Gasteiger partial charge in [-0.15, -0.1) is 0 Å². The van der Waals surface area contributed by atoms with E-state index < -0.39 is 16.1 Å². The van der Waals surface area contributed by atoms with Crippen molar-refractivity contribution in [1.29, 1.82) is 0 Å². The number of hydrogen-bond donors (Lipinski definition) is 2. The maximum absolute atomic E-state index is 12.4. The van der Waals surface area contributed by atoms with Crippen LogP contribution < -0.4 is 10.0 Å². The van der Waals surface area contributed by atoms with Gasteiger partial charge in [0.1, 0.15) is 5.82 Å². The number of carbonyl (C=O) groups is 1. The van der Waals surface area contributed by atoms with Crippen LogP contribution in [0.1, 0.15) is 24.7 Å². The summed E-state index contributed by atoms with van der Waals surface area (Å²) >= 11 is 0. The molecule has 11 heteroatoms. The van der Waals surface area contributed by atoms with Gasteiger partial charge < -0.3 is 20.2 Å². The van der Waals surface area contributed by atoms with Crippen molar-refractivity contribution in [3.63, 3.8) is 0 Å². The van der Waals surface area contributed by atoms with Crippen molar-refractivity contribution < 1.29 is 23.0 Å². The molecule has 0 aliphatic carbocycles. The van der Waals surface area contributed by atoms with E-state index in [0.29, 0.717) is 29.7 Å². The lowest BCUT2D eigenvalue weighted by atomic mass is 10.1. The zero-order valence-electron chi connectivity index (χ0n) is 15.8. The minimum absolute atomic E-state index is 0.130. The van der Waals surface area contributed by atoms with Crippen LogP contribution in [0.15, 0.2) is 30.5 Å². The number of benzene rings is 1. The number of nitrogens with zero attached hydrogens (tertiary/aromatic N) is 4. The van der Waals surface area contributed by atoms with Crippen LogP contribution in [0.2, 0.25) is 0 Å². The van der Waals surface area contributed by atoms with Crippen molar-refractivity contribution in [3.05, 3.63) is 41.5 Å². The van der Waals surface area contributed by atoms with Crippen LogP contribution in [0.4, 0.5) is 4.79 Å². The summed E-state index contributed by atoms with van der Waals surface area (Å²) in [7, 11) is -3.43. The molecule has 1 atom stereocenters. The van der Waals surface area contributed by atoms with E-state index in [0.717, 1.165) is 21.9 Å². The lowest BCUT2D eigenvalue weighted by Gasteiger charge is -2.33. The van der Waals surface area contributed by atoms with Crippen LogP contribution in [0.5, 0.6) is 0 Å². The van der Waals surface area contributed by atoms with Crippen molar-refractivity contribution in [3.8, 4) is 0 Å². The van der Waals surface area contributed by atoms with E-state index in [-0.39, 0.29) is 25.7 Å². The summed E-state index contributed by atoms with van der Waals surface area (Å²) in [6.07, 6.45) is 2.59. The molecule has 0 fully saturated rings. The molecule has 0 unspecified atom stereocenters. The molecule has 1 aromatic carbocycles. The Hall–Kier alpha value is -2.92. The average molecular weight is 419 g/mol. The summed E-state index contributed by atoms with van der Waals surface area (Å²) in [6.45, 7) is 0.670. The Kier molecular flexibility index (Phi) is 4.79. The van der Waals surface area contributed by atoms with Crippen LogP contribution in [0.25, 0.3) is 21.9 Å². The SMILES string of the molecule is CS(=O)(=O)N1Cc2nc3c[n+]([O-])c4ccccc4c3n2[C@@H](CCCNC(=O)O)C1. The van der Waals surface area contributed by atoms with Crippen molar-refractivity contribution >= 4 is 38.1 Å². The number of imidazole rings is 1. The zero-order valence-corrected chi connectivity index (χ0v) is 16.6. The van der Waals surface area contributed by atoms with E-state index in [9.17, 15) is 18.4 Å². The van der Waals surface area contributed by atoms with Crippen LogP contribution in [-0.4, -0.2) is 52.8 Å². The Morgan fingerprint density at radius 3 is 2.90 bits per heavy atom. The van der Waals surface area contributed by atoms with Crippen molar-refractivity contribution in [2.75, 3.05) is 19.3 Å². The maximum atomic E-state index is 12.4. The molecular weight excluding hydrogens is 398 g/mol. The molecule has 1 aliphatic heterocycles. The molecule has 3 aromatic rings. The van der Waals surface area contributed by atoms with Gasteiger partial charge in [-0.2, -0.15) is 9.04 Å². The predicted octanol–water partition coefficient (Wildman–Crippen LogP) is 1.19. The molecule has 0 spiro atoms. The van der Waals surface area contributed by atoms with Gasteiger partial charge in [-0.1, -0.05) is 12.1 Å². The van der Waals surface area contributed by atoms with E-state index >= 15 is 0 Å². The fraction of sp³-hybridized carbons (Fsp3) is 0.389. The minimum atomic E-state index is -3.43. The van der Waals surface area contributed by atoms with Gasteiger partial charge in [0.2, 0.25) is 21.7 Å². The highest BCUT2D eigenvalue weighted by Crippen LogP contribution is 2.33. The van der Waals surface area contributed by atoms with E-state index in [2.05, 4.69) is 10.3 Å². The standard InChI is InChI=1S/C18H21N5O5S/c1-29(27,28)21-9-12(5-4-8-19-18(24)25)23-16(11-21)20-14-10-22(26)15-7-3-2-6-13(15)17(14)23/h2-3,6-7,10,12,19H,4-5,8-9,11H2,1H3,(H,24,25)/t12-/m0/s1. The van der Waals surface area contributed by atoms with Crippen molar-refractivity contribution in [2.24, 2.45) is 0 Å². The highest BCUT2D eigenvalue weighted by atomic mass is 32.2. The fourth-order valence-corrected chi connectivity index (χ4v) is 4.75. The van der Waals surface area contributed by atoms with E-state index in [1.54, 1.807) is 12.1 Å². The fourth-order valence-electron chi connectivity index (χ4n) is 3.95. The Labute approximate surface area is 167 Å². The van der Waals surface area contributed by atoms with Gasteiger partial charge >= 0.3 is 6.09 Å². The van der Waals surface area contributed by atoms with Gasteiger partial charge in [-0.3, -0.25) is 0 Å². The highest BCUT2D eigenvalue weighted by molar-refractivity contribution is 7.88. The normalized spacial score (nSPS) is 17.5. The largest absolute Gasteiger partial charge is 0.618 e. The minimum Gasteiger partial charge on any atom is -0.618 e. The third kappa shape index (κ3) is 3.58. The second-order valence-corrected chi connectivity index (χ2v) is 9.17. The Morgan fingerprint density at radius 1 is 1.41 bits per heavy atom. The first-order valence-corrected chi connectivity index (χ1v) is 11.0. The third-order valence-electron chi connectivity index (χ3n) is 5.20. The summed E-state index contributed by atoms with van der Waals surface area (Å²) in [5, 5.41) is 24.2. The first kappa shape index (κ1) is 19.4. The van der Waals surface area contributed by atoms with Crippen LogP contribution >= 0.6 is 0 Å². The molecule has 10 nitrogen and oxygen atoms in total. The number of pyridine rings is 1. The smallest absolute Gasteiger partial charge is 0.404 e. The molecule has 0 bridgehead atoms. The van der Waals surface area contributed by atoms with Gasteiger partial charge in [-0.25, -0.2) is 18.2 Å². The summed E-state index contributed by atoms with van der Waals surface area (Å²) in [5.74, 6) is 0.573. The molecule has 2 aromatic heterocycles. The molecular formula is C18H21N5O5S. The number of nitrogens with one attached hydrogen (secondary N) is 1. The molecule has 1 aliphatic rings. The van der Waals surface area contributed by atoms with Gasteiger partial charge in [0.15, 0.2) is 5.52 Å². The number of aromatic nitrogens is 3. The Balaban J connectivity index is 1.83. The topological polar surface area (TPSA) is 131 Å². The molecule has 0 saturated heterocycles. The number of para-hydroxylation sites is 1. The van der Waals surface area contributed by atoms with Gasteiger partial charge in [0, 0.05) is 25.2 Å². The van der Waals surface area contributed by atoms with Gasteiger partial charge in [0.25, 0.3) is 0 Å². The quantitative estimate of drug-likeness (QED) is 0.363. The van der Waals surface area contributed by atoms with Gasteiger partial charge in [-0.05, 0) is 18.9 Å². The first-order valence-electron chi connectivity index (χ1n) is 9.19. The van der Waals surface area contributed by atoms with E-state index in [1.165, 1.54) is 10.5 Å². The average Bonchev–Trinajstić information content (AvgIpc) is 3.02. The number of hydrogen-bond acceptors (Lipinski definition) is 5. The molecule has 4 rings (SSSR count). The first-order chi connectivity index (χ1) is 13.8. The van der Waals surface area contributed by atoms with Gasteiger partial charge in [0.05, 0.1) is 23.7 Å². The molecule has 2 N–H and O–H groups in total. The van der Waals surface area contributed by atoms with Crippen LogP contribution in [0.3, 0.4) is 0 Å². The summed E-state index contributed by atoms with van der Waals surface area (Å²) < 4.78 is 28.5. The number of carboxylic acid groups (broad SMARTS) is 1. The Bertz CT molecular complexity index is 1210. The maximum Gasteiger partial charge on any atom is 0.404 e. The van der Waals surface area contributed by atoms with Crippen LogP contribution in [-0.2, 0) is 16.6 Å². The number of sulfonamides is 1. The highest BCUT2D eigenvalue weighted by Gasteiger charge is 2.33. The summed E-state index contributed by atoms with van der Waals surface area (Å²) in [4.78, 5) is 15.3. The molecule has 154 valence electrons. The second-order valence-electron chi connectivity index (χ2n) is 7.19. The lowest BCUT2D eigenvalue weighted by molar-refractivity contribution is -0.575. The number of amides is 1. The predicted molar refractivity (Wildman–Crippen MR) is 106 cm³/mol. The Morgan fingerprint density at radius 2 is 2.17 bits per heavy atom. The molecule has 1 amide bonds. The number of fused-ring (bicyclic) bond motifs is 5.